The van der Waals surface area contributed by atoms with Crippen LogP contribution in [0.4, 0.5) is 10.5 Å². The van der Waals surface area contributed by atoms with Gasteiger partial charge in [-0.2, -0.15) is 8.42 Å². The highest BCUT2D eigenvalue weighted by Crippen LogP contribution is 2.21. The lowest BCUT2D eigenvalue weighted by Gasteiger charge is -2.25. The van der Waals surface area contributed by atoms with E-state index in [1.54, 1.807) is 20.8 Å². The van der Waals surface area contributed by atoms with Crippen molar-refractivity contribution in [2.24, 2.45) is 0 Å². The molecule has 0 radical (unpaired) electrons. The highest BCUT2D eigenvalue weighted by molar-refractivity contribution is 7.86. The van der Waals surface area contributed by atoms with E-state index in [0.29, 0.717) is 0 Å². The molecule has 0 aliphatic carbocycles. The second kappa shape index (κ2) is 8.10. The van der Waals surface area contributed by atoms with Crippen molar-refractivity contribution in [3.63, 3.8) is 0 Å². The third-order valence-corrected chi connectivity index (χ3v) is 4.91. The quantitative estimate of drug-likeness (QED) is 0.293. The molecule has 1 saturated heterocycles. The summed E-state index contributed by atoms with van der Waals surface area (Å²) in [6.07, 6.45) is -0.897. The first-order chi connectivity index (χ1) is 12.9. The zero-order chi connectivity index (χ0) is 21.1. The van der Waals surface area contributed by atoms with Crippen molar-refractivity contribution >= 4 is 27.9 Å². The predicted molar refractivity (Wildman–Crippen MR) is 93.7 cm³/mol. The van der Waals surface area contributed by atoms with E-state index in [0.717, 1.165) is 29.2 Å². The summed E-state index contributed by atoms with van der Waals surface area (Å²) in [4.78, 5) is 34.7. The SMILES string of the molecule is CC(C)(C)OC(=O)N1COC(=O)C1CCOS(=O)(=O)c1ccc([N+](=O)[O-])cc1. The maximum absolute atomic E-state index is 12.2. The topological polar surface area (TPSA) is 142 Å². The Kier molecular flexibility index (Phi) is 6.24. The molecule has 1 unspecified atom stereocenters. The van der Waals surface area contributed by atoms with Crippen LogP contribution in [0.5, 0.6) is 0 Å². The van der Waals surface area contributed by atoms with Gasteiger partial charge in [-0.25, -0.2) is 9.59 Å². The minimum absolute atomic E-state index is 0.135. The van der Waals surface area contributed by atoms with Gasteiger partial charge in [-0.3, -0.25) is 19.2 Å². The Labute approximate surface area is 161 Å². The van der Waals surface area contributed by atoms with Crippen LogP contribution in [0.25, 0.3) is 0 Å². The minimum Gasteiger partial charge on any atom is -0.444 e. The summed E-state index contributed by atoms with van der Waals surface area (Å²) in [5, 5.41) is 10.6. The number of hydrogen-bond acceptors (Lipinski definition) is 9. The molecule has 1 aromatic rings. The molecule has 0 aromatic heterocycles. The zero-order valence-electron chi connectivity index (χ0n) is 15.5. The Balaban J connectivity index is 1.98. The van der Waals surface area contributed by atoms with E-state index in [9.17, 15) is 28.1 Å². The van der Waals surface area contributed by atoms with Gasteiger partial charge in [-0.1, -0.05) is 0 Å². The number of nitro groups is 1. The van der Waals surface area contributed by atoms with Crippen LogP contribution >= 0.6 is 0 Å². The van der Waals surface area contributed by atoms with E-state index in [4.69, 9.17) is 13.7 Å². The number of amides is 1. The Morgan fingerprint density at radius 3 is 2.46 bits per heavy atom. The van der Waals surface area contributed by atoms with Crippen LogP contribution in [-0.2, 0) is 28.6 Å². The predicted octanol–water partition coefficient (Wildman–Crippen LogP) is 1.81. The Morgan fingerprint density at radius 2 is 1.93 bits per heavy atom. The average Bonchev–Trinajstić information content (AvgIpc) is 2.94. The number of carbonyl (C=O) groups is 2. The summed E-state index contributed by atoms with van der Waals surface area (Å²) in [6, 6.07) is 3.13. The zero-order valence-corrected chi connectivity index (χ0v) is 16.3. The van der Waals surface area contributed by atoms with Gasteiger partial charge in [0.2, 0.25) is 0 Å². The molecular weight excluding hydrogens is 396 g/mol. The molecule has 1 aliphatic rings. The Bertz CT molecular complexity index is 859. The van der Waals surface area contributed by atoms with Crippen molar-refractivity contribution < 1.29 is 36.6 Å². The van der Waals surface area contributed by atoms with Crippen LogP contribution in [0.15, 0.2) is 29.2 Å². The summed E-state index contributed by atoms with van der Waals surface area (Å²) in [7, 11) is -4.19. The fraction of sp³-hybridized carbons (Fsp3) is 0.500. The first kappa shape index (κ1) is 21.6. The van der Waals surface area contributed by atoms with Crippen LogP contribution in [0.1, 0.15) is 27.2 Å². The van der Waals surface area contributed by atoms with E-state index in [-0.39, 0.29) is 23.7 Å². The second-order valence-corrected chi connectivity index (χ2v) is 8.49. The van der Waals surface area contributed by atoms with Crippen LogP contribution in [0, 0.1) is 10.1 Å². The highest BCUT2D eigenvalue weighted by atomic mass is 32.2. The molecule has 1 aromatic carbocycles. The first-order valence-corrected chi connectivity index (χ1v) is 9.62. The first-order valence-electron chi connectivity index (χ1n) is 8.21. The van der Waals surface area contributed by atoms with Crippen LogP contribution in [-0.4, -0.2) is 55.3 Å². The van der Waals surface area contributed by atoms with Crippen LogP contribution in [0.3, 0.4) is 0 Å². The van der Waals surface area contributed by atoms with Crippen LogP contribution < -0.4 is 0 Å². The molecule has 0 saturated carbocycles. The number of hydrogen-bond donors (Lipinski definition) is 0. The molecule has 154 valence electrons. The molecule has 0 bridgehead atoms. The van der Waals surface area contributed by atoms with E-state index in [1.165, 1.54) is 0 Å². The van der Waals surface area contributed by atoms with Crippen molar-refractivity contribution in [3.8, 4) is 0 Å². The molecule has 11 nitrogen and oxygen atoms in total. The number of nitro benzene ring substituents is 1. The number of nitrogens with zero attached hydrogens (tertiary/aromatic N) is 2. The number of non-ortho nitro benzene ring substituents is 1. The van der Waals surface area contributed by atoms with Gasteiger partial charge < -0.3 is 9.47 Å². The minimum atomic E-state index is -4.19. The maximum Gasteiger partial charge on any atom is 0.413 e. The molecule has 1 aliphatic heterocycles. The lowest BCUT2D eigenvalue weighted by atomic mass is 10.2. The van der Waals surface area contributed by atoms with Crippen molar-refractivity contribution in [2.75, 3.05) is 13.3 Å². The lowest BCUT2D eigenvalue weighted by Crippen LogP contribution is -2.42. The number of ether oxygens (including phenoxy) is 2. The lowest BCUT2D eigenvalue weighted by molar-refractivity contribution is -0.384. The molecule has 12 heteroatoms. The third kappa shape index (κ3) is 5.39. The molecule has 1 fully saturated rings. The van der Waals surface area contributed by atoms with Crippen molar-refractivity contribution in [2.45, 2.75) is 43.7 Å². The molecule has 28 heavy (non-hydrogen) atoms. The summed E-state index contributed by atoms with van der Waals surface area (Å²) in [6.45, 7) is 4.29. The summed E-state index contributed by atoms with van der Waals surface area (Å²) in [5.41, 5.74) is -1.04. The average molecular weight is 416 g/mol. The van der Waals surface area contributed by atoms with Gasteiger partial charge >= 0.3 is 12.1 Å². The summed E-state index contributed by atoms with van der Waals surface area (Å²) >= 11 is 0. The van der Waals surface area contributed by atoms with E-state index < -0.39 is 45.4 Å². The van der Waals surface area contributed by atoms with Gasteiger partial charge in [-0.15, -0.1) is 0 Å². The van der Waals surface area contributed by atoms with Gasteiger partial charge in [0.15, 0.2) is 6.73 Å². The molecule has 1 amide bonds. The number of esters is 1. The second-order valence-electron chi connectivity index (χ2n) is 6.87. The maximum atomic E-state index is 12.2. The highest BCUT2D eigenvalue weighted by Gasteiger charge is 2.40. The van der Waals surface area contributed by atoms with Gasteiger partial charge in [0.05, 0.1) is 16.4 Å². The van der Waals surface area contributed by atoms with E-state index in [1.807, 2.05) is 0 Å². The fourth-order valence-corrected chi connectivity index (χ4v) is 3.21. The molecule has 0 N–H and O–H groups in total. The number of carbonyl (C=O) groups excluding carboxylic acids is 2. The molecule has 1 atom stereocenters. The fourth-order valence-electron chi connectivity index (χ4n) is 2.29. The molecular formula is C16H20N2O9S. The van der Waals surface area contributed by atoms with Crippen molar-refractivity contribution in [3.05, 3.63) is 34.4 Å². The monoisotopic (exact) mass is 416 g/mol. The largest absolute Gasteiger partial charge is 0.444 e. The standard InChI is InChI=1S/C16H20N2O9S/c1-16(2,3)27-15(20)17-10-25-14(19)13(17)8-9-26-28(23,24)12-6-4-11(5-7-12)18(21)22/h4-7,13H,8-10H2,1-3H3. The van der Waals surface area contributed by atoms with E-state index >= 15 is 0 Å². The number of rotatable bonds is 6. The molecule has 1 heterocycles. The van der Waals surface area contributed by atoms with Crippen molar-refractivity contribution in [1.82, 2.24) is 4.90 Å². The Hall–Kier alpha value is -2.73. The molecule has 0 spiro atoms. The number of cyclic esters (lactones) is 1. The normalized spacial score (nSPS) is 17.3. The Morgan fingerprint density at radius 1 is 1.32 bits per heavy atom. The van der Waals surface area contributed by atoms with Crippen LogP contribution in [0.2, 0.25) is 0 Å². The van der Waals surface area contributed by atoms with Gasteiger partial charge in [0.25, 0.3) is 15.8 Å². The van der Waals surface area contributed by atoms with Crippen molar-refractivity contribution in [1.29, 1.82) is 0 Å². The van der Waals surface area contributed by atoms with Gasteiger partial charge in [0, 0.05) is 18.6 Å². The summed E-state index contributed by atoms with van der Waals surface area (Å²) < 4.78 is 39.2. The number of benzene rings is 1. The summed E-state index contributed by atoms with van der Waals surface area (Å²) in [5.74, 6) is -0.692. The third-order valence-electron chi connectivity index (χ3n) is 3.59. The van der Waals surface area contributed by atoms with Gasteiger partial charge in [0.1, 0.15) is 11.6 Å². The van der Waals surface area contributed by atoms with Gasteiger partial charge in [-0.05, 0) is 32.9 Å². The smallest absolute Gasteiger partial charge is 0.413 e. The van der Waals surface area contributed by atoms with E-state index in [2.05, 4.69) is 0 Å². The molecule has 2 rings (SSSR count).